The number of ether oxygens (including phenoxy) is 3. The minimum absolute atomic E-state index is 0.173. The van der Waals surface area contributed by atoms with Gasteiger partial charge in [0.15, 0.2) is 0 Å². The molecule has 214 valence electrons. The number of aryl methyl sites for hydroxylation is 2. The number of likely N-dealkylation sites (tertiary alicyclic amines) is 1. The van der Waals surface area contributed by atoms with Gasteiger partial charge in [0.2, 0.25) is 5.88 Å². The lowest BCUT2D eigenvalue weighted by molar-refractivity contribution is -0.166. The van der Waals surface area contributed by atoms with Crippen LogP contribution in [0.15, 0.2) is 36.8 Å². The second kappa shape index (κ2) is 9.13. The van der Waals surface area contributed by atoms with Crippen molar-refractivity contribution in [2.45, 2.75) is 37.0 Å². The smallest absolute Gasteiger partial charge is 0.241 e. The number of rotatable bonds is 5. The van der Waals surface area contributed by atoms with Crippen LogP contribution in [0.3, 0.4) is 0 Å². The predicted octanol–water partition coefficient (Wildman–Crippen LogP) is 4.03. The molecule has 0 radical (unpaired) electrons. The van der Waals surface area contributed by atoms with Crippen molar-refractivity contribution in [3.05, 3.63) is 47.9 Å². The Morgan fingerprint density at radius 2 is 2.00 bits per heavy atom. The monoisotopic (exact) mass is 564 g/mol. The first kappa shape index (κ1) is 25.5. The second-order valence-electron chi connectivity index (χ2n) is 11.8. The van der Waals surface area contributed by atoms with Gasteiger partial charge in [0.05, 0.1) is 73.5 Å². The summed E-state index contributed by atoms with van der Waals surface area (Å²) in [4.78, 5) is 11.0. The largest absolute Gasteiger partial charge is 0.479 e. The Balaban J connectivity index is 1.32. The van der Waals surface area contributed by atoms with E-state index in [-0.39, 0.29) is 5.54 Å². The molecule has 1 spiro atoms. The van der Waals surface area contributed by atoms with Crippen LogP contribution in [0.5, 0.6) is 5.88 Å². The summed E-state index contributed by atoms with van der Waals surface area (Å²) in [6.45, 7) is 3.46. The van der Waals surface area contributed by atoms with Gasteiger partial charge in [-0.25, -0.2) is 4.98 Å². The van der Waals surface area contributed by atoms with Crippen molar-refractivity contribution in [3.63, 3.8) is 0 Å². The third kappa shape index (κ3) is 3.52. The maximum atomic E-state index is 9.50. The first-order valence-corrected chi connectivity index (χ1v) is 14.3. The Bertz CT molecular complexity index is 1900. The minimum atomic E-state index is -0.433. The molecule has 8 rings (SSSR count). The molecule has 11 heteroatoms. The van der Waals surface area contributed by atoms with Gasteiger partial charge in [-0.3, -0.25) is 14.3 Å². The number of piperidine rings is 1. The predicted molar refractivity (Wildman–Crippen MR) is 156 cm³/mol. The molecule has 4 aromatic heterocycles. The quantitative estimate of drug-likeness (QED) is 0.340. The Hall–Kier alpha value is -4.24. The lowest BCUT2D eigenvalue weighted by Crippen LogP contribution is -2.64. The summed E-state index contributed by atoms with van der Waals surface area (Å²) in [5.74, 6) is 0.550. The third-order valence-electron chi connectivity index (χ3n) is 9.54. The molecule has 0 aliphatic carbocycles. The molecule has 42 heavy (non-hydrogen) atoms. The number of aromatic amines is 1. The van der Waals surface area contributed by atoms with E-state index in [1.165, 1.54) is 5.56 Å². The fourth-order valence-electron chi connectivity index (χ4n) is 7.33. The van der Waals surface area contributed by atoms with E-state index in [0.717, 1.165) is 75.8 Å². The summed E-state index contributed by atoms with van der Waals surface area (Å²) in [5, 5.41) is 20.7. The minimum Gasteiger partial charge on any atom is -0.479 e. The van der Waals surface area contributed by atoms with Crippen LogP contribution in [-0.4, -0.2) is 73.4 Å². The van der Waals surface area contributed by atoms with Crippen molar-refractivity contribution in [1.82, 2.24) is 34.4 Å². The molecule has 2 fully saturated rings. The highest BCUT2D eigenvalue weighted by Crippen LogP contribution is 2.52. The molecule has 0 bridgehead atoms. The average molecular weight is 565 g/mol. The van der Waals surface area contributed by atoms with Crippen LogP contribution in [0, 0.1) is 11.3 Å². The van der Waals surface area contributed by atoms with Crippen molar-refractivity contribution < 1.29 is 14.2 Å². The summed E-state index contributed by atoms with van der Waals surface area (Å²) < 4.78 is 21.7. The first-order valence-electron chi connectivity index (χ1n) is 14.3. The Kier molecular flexibility index (Phi) is 5.54. The van der Waals surface area contributed by atoms with E-state index >= 15 is 0 Å². The van der Waals surface area contributed by atoms with Crippen LogP contribution in [0.2, 0.25) is 0 Å². The summed E-state index contributed by atoms with van der Waals surface area (Å²) >= 11 is 0. The van der Waals surface area contributed by atoms with E-state index in [4.69, 9.17) is 19.2 Å². The van der Waals surface area contributed by atoms with Crippen molar-refractivity contribution in [3.8, 4) is 34.3 Å². The maximum absolute atomic E-state index is 9.50. The van der Waals surface area contributed by atoms with Gasteiger partial charge in [0, 0.05) is 67.0 Å². The number of fused-ring (bicyclic) bond motifs is 5. The molecule has 7 heterocycles. The Morgan fingerprint density at radius 1 is 1.17 bits per heavy atom. The van der Waals surface area contributed by atoms with Crippen LogP contribution in [-0.2, 0) is 35.8 Å². The number of hydrogen-bond donors (Lipinski definition) is 1. The van der Waals surface area contributed by atoms with Gasteiger partial charge in [-0.05, 0) is 30.5 Å². The number of methoxy groups -OCH3 is 1. The summed E-state index contributed by atoms with van der Waals surface area (Å²) in [6.07, 6.45) is 8.01. The van der Waals surface area contributed by atoms with Gasteiger partial charge >= 0.3 is 0 Å². The van der Waals surface area contributed by atoms with Crippen molar-refractivity contribution in [2.75, 3.05) is 33.4 Å². The van der Waals surface area contributed by atoms with E-state index in [1.54, 1.807) is 11.8 Å². The number of nitriles is 1. The summed E-state index contributed by atoms with van der Waals surface area (Å²) in [7, 11) is 5.50. The fourth-order valence-corrected chi connectivity index (χ4v) is 7.33. The number of benzene rings is 1. The topological polar surface area (TPSA) is 119 Å². The molecule has 2 saturated heterocycles. The van der Waals surface area contributed by atoms with Gasteiger partial charge in [-0.2, -0.15) is 10.4 Å². The molecular weight excluding hydrogens is 532 g/mol. The van der Waals surface area contributed by atoms with Crippen LogP contribution < -0.4 is 4.74 Å². The highest BCUT2D eigenvalue weighted by atomic mass is 16.5. The van der Waals surface area contributed by atoms with Crippen LogP contribution in [0.4, 0.5) is 0 Å². The molecule has 1 aromatic carbocycles. The Morgan fingerprint density at radius 3 is 2.74 bits per heavy atom. The SMILES string of the molecule is COc1nn(C)cc1-c1[nH]c2ncc3c(c2c1-c1ccc2c(cnn2C)c1)C1(CCN(C2(CC#N)COC2)CC1)OC3. The summed E-state index contributed by atoms with van der Waals surface area (Å²) in [5.41, 5.74) is 7.55. The lowest BCUT2D eigenvalue weighted by Gasteiger charge is -2.52. The fraction of sp³-hybridized carbons (Fsp3) is 0.419. The van der Waals surface area contributed by atoms with Crippen molar-refractivity contribution >= 4 is 21.9 Å². The molecule has 1 N–H and O–H groups in total. The molecule has 5 aromatic rings. The molecule has 0 amide bonds. The normalized spacial score (nSPS) is 19.3. The van der Waals surface area contributed by atoms with Gasteiger partial charge < -0.3 is 19.2 Å². The molecule has 0 atom stereocenters. The zero-order chi connectivity index (χ0) is 28.6. The maximum Gasteiger partial charge on any atom is 0.241 e. The zero-order valence-corrected chi connectivity index (χ0v) is 24.0. The van der Waals surface area contributed by atoms with E-state index in [0.29, 0.717) is 32.1 Å². The molecule has 11 nitrogen and oxygen atoms in total. The molecule has 0 saturated carbocycles. The second-order valence-corrected chi connectivity index (χ2v) is 11.8. The van der Waals surface area contributed by atoms with Crippen LogP contribution >= 0.6 is 0 Å². The van der Waals surface area contributed by atoms with E-state index in [9.17, 15) is 5.26 Å². The van der Waals surface area contributed by atoms with Gasteiger partial charge in [-0.1, -0.05) is 6.07 Å². The van der Waals surface area contributed by atoms with Gasteiger partial charge in [-0.15, -0.1) is 5.10 Å². The highest BCUT2D eigenvalue weighted by Gasteiger charge is 2.51. The first-order chi connectivity index (χ1) is 20.4. The van der Waals surface area contributed by atoms with Crippen molar-refractivity contribution in [2.24, 2.45) is 14.1 Å². The average Bonchev–Trinajstić information content (AvgIpc) is 3.74. The molecular formula is C31H32N8O3. The number of pyridine rings is 1. The number of hydrogen-bond acceptors (Lipinski definition) is 8. The summed E-state index contributed by atoms with van der Waals surface area (Å²) in [6, 6.07) is 8.87. The zero-order valence-electron chi connectivity index (χ0n) is 24.0. The number of nitrogens with one attached hydrogen (secondary N) is 1. The Labute approximate surface area is 242 Å². The molecule has 0 unspecified atom stereocenters. The van der Waals surface area contributed by atoms with Crippen LogP contribution in [0.1, 0.15) is 30.4 Å². The van der Waals surface area contributed by atoms with E-state index < -0.39 is 5.60 Å². The third-order valence-corrected chi connectivity index (χ3v) is 9.54. The molecule has 3 aliphatic rings. The highest BCUT2D eigenvalue weighted by molar-refractivity contribution is 6.06. The van der Waals surface area contributed by atoms with E-state index in [2.05, 4.69) is 44.3 Å². The lowest BCUT2D eigenvalue weighted by atomic mass is 9.79. The van der Waals surface area contributed by atoms with Crippen LogP contribution in [0.25, 0.3) is 44.3 Å². The molecule has 3 aliphatic heterocycles. The standard InChI is InChI=1S/C31H32N8O3/c1-37-15-22(29(36-37)40-3)27-24(19-4-5-23-20(12-19)14-34-38(23)2)25-26-21(13-33-28(25)35-27)16-42-31(26)7-10-39(11-8-31)30(6-9-32)17-41-18-30/h4-5,12-15H,6-8,10-11,16-18H2,1-3H3,(H,33,35). The van der Waals surface area contributed by atoms with E-state index in [1.807, 2.05) is 37.4 Å². The number of aromatic nitrogens is 6. The van der Waals surface area contributed by atoms with Crippen molar-refractivity contribution in [1.29, 1.82) is 5.26 Å². The van der Waals surface area contributed by atoms with Gasteiger partial charge in [0.25, 0.3) is 0 Å². The number of H-pyrrole nitrogens is 1. The van der Waals surface area contributed by atoms with Gasteiger partial charge in [0.1, 0.15) is 5.65 Å². The number of nitrogens with zero attached hydrogens (tertiary/aromatic N) is 7.